The molecule has 7 rings (SSSR count). The van der Waals surface area contributed by atoms with Crippen LogP contribution < -0.4 is 20.7 Å². The van der Waals surface area contributed by atoms with Gasteiger partial charge in [0.15, 0.2) is 5.75 Å². The number of aromatic amines is 1. The van der Waals surface area contributed by atoms with E-state index >= 15 is 0 Å². The molecule has 0 spiro atoms. The topological polar surface area (TPSA) is 118 Å². The molecule has 10 heteroatoms. The fourth-order valence-electron chi connectivity index (χ4n) is 5.47. The molecule has 2 unspecified atom stereocenters. The molecule has 2 aliphatic carbocycles. The zero-order valence-corrected chi connectivity index (χ0v) is 18.8. The maximum absolute atomic E-state index is 14.5. The predicted octanol–water partition coefficient (Wildman–Crippen LogP) is 3.54. The molecular weight excluding hydrogens is 435 g/mol. The molecule has 4 aromatic rings. The predicted molar refractivity (Wildman–Crippen MR) is 127 cm³/mol. The number of fused-ring (bicyclic) bond motifs is 4. The highest BCUT2D eigenvalue weighted by molar-refractivity contribution is 6.14. The SMILES string of the molecule is CNc1cc(F)cc2c1[nH]c1nc(Oc3cnc(C4CC4)nc3)nc(N3CC4C[C@@H](N)C4C3)c12. The van der Waals surface area contributed by atoms with Crippen LogP contribution in [0.3, 0.4) is 0 Å². The number of ether oxygens (including phenoxy) is 1. The molecule has 174 valence electrons. The van der Waals surface area contributed by atoms with Crippen LogP contribution >= 0.6 is 0 Å². The van der Waals surface area contributed by atoms with Gasteiger partial charge < -0.3 is 25.7 Å². The monoisotopic (exact) mass is 460 g/mol. The number of hydrogen-bond acceptors (Lipinski definition) is 8. The number of rotatable bonds is 5. The first kappa shape index (κ1) is 19.9. The number of anilines is 2. The summed E-state index contributed by atoms with van der Waals surface area (Å²) in [5.41, 5.74) is 8.29. The Hall–Kier alpha value is -3.53. The quantitative estimate of drug-likeness (QED) is 0.414. The van der Waals surface area contributed by atoms with Gasteiger partial charge in [-0.2, -0.15) is 9.97 Å². The van der Waals surface area contributed by atoms with Crippen LogP contribution in [0.2, 0.25) is 0 Å². The molecule has 3 atom stereocenters. The summed E-state index contributed by atoms with van der Waals surface area (Å²) in [6.07, 6.45) is 6.64. The molecule has 1 saturated heterocycles. The minimum Gasteiger partial charge on any atom is -0.421 e. The molecule has 0 amide bonds. The Morgan fingerprint density at radius 2 is 2.00 bits per heavy atom. The molecule has 0 bridgehead atoms. The number of halogens is 1. The van der Waals surface area contributed by atoms with E-state index in [4.69, 9.17) is 15.5 Å². The summed E-state index contributed by atoms with van der Waals surface area (Å²) in [7, 11) is 1.77. The number of nitrogens with zero attached hydrogens (tertiary/aromatic N) is 5. The first-order chi connectivity index (χ1) is 16.6. The highest BCUT2D eigenvalue weighted by Crippen LogP contribution is 2.44. The third-order valence-electron chi connectivity index (χ3n) is 7.47. The van der Waals surface area contributed by atoms with E-state index in [2.05, 4.69) is 30.2 Å². The third-order valence-corrected chi connectivity index (χ3v) is 7.47. The number of aromatic nitrogens is 5. The zero-order valence-electron chi connectivity index (χ0n) is 18.8. The molecule has 1 aromatic carbocycles. The normalized spacial score (nSPS) is 23.9. The van der Waals surface area contributed by atoms with Gasteiger partial charge >= 0.3 is 6.01 Å². The Kier molecular flexibility index (Phi) is 4.23. The van der Waals surface area contributed by atoms with Crippen molar-refractivity contribution in [3.8, 4) is 11.8 Å². The first-order valence-corrected chi connectivity index (χ1v) is 11.8. The number of hydrogen-bond donors (Lipinski definition) is 3. The van der Waals surface area contributed by atoms with Crippen LogP contribution in [0.1, 0.15) is 31.0 Å². The smallest absolute Gasteiger partial charge is 0.326 e. The van der Waals surface area contributed by atoms with Crippen molar-refractivity contribution in [2.24, 2.45) is 17.6 Å². The van der Waals surface area contributed by atoms with Gasteiger partial charge in [-0.25, -0.2) is 14.4 Å². The van der Waals surface area contributed by atoms with Gasteiger partial charge in [0.25, 0.3) is 0 Å². The lowest BCUT2D eigenvalue weighted by Gasteiger charge is -2.36. The number of benzene rings is 1. The van der Waals surface area contributed by atoms with Gasteiger partial charge in [-0.15, -0.1) is 0 Å². The van der Waals surface area contributed by atoms with Crippen LogP contribution in [0.25, 0.3) is 21.9 Å². The maximum atomic E-state index is 14.5. The fourth-order valence-corrected chi connectivity index (χ4v) is 5.47. The van der Waals surface area contributed by atoms with E-state index in [0.29, 0.717) is 34.8 Å². The van der Waals surface area contributed by atoms with E-state index < -0.39 is 0 Å². The van der Waals surface area contributed by atoms with E-state index in [-0.39, 0.29) is 17.9 Å². The number of nitrogens with two attached hydrogens (primary N) is 1. The molecule has 3 aromatic heterocycles. The molecular formula is C24H25FN8O. The van der Waals surface area contributed by atoms with E-state index in [1.807, 2.05) is 0 Å². The van der Waals surface area contributed by atoms with Crippen LogP contribution in [0.15, 0.2) is 24.5 Å². The van der Waals surface area contributed by atoms with E-state index in [9.17, 15) is 4.39 Å². The van der Waals surface area contributed by atoms with Crippen molar-refractivity contribution in [2.75, 3.05) is 30.4 Å². The number of nitrogens with one attached hydrogen (secondary N) is 2. The van der Waals surface area contributed by atoms with E-state index in [1.165, 1.54) is 12.1 Å². The maximum Gasteiger partial charge on any atom is 0.326 e. The second kappa shape index (κ2) is 7.23. The summed E-state index contributed by atoms with van der Waals surface area (Å²) in [6, 6.07) is 3.42. The first-order valence-electron chi connectivity index (χ1n) is 11.8. The molecule has 0 radical (unpaired) electrons. The molecule has 4 N–H and O–H groups in total. The summed E-state index contributed by atoms with van der Waals surface area (Å²) in [5, 5.41) is 4.59. The standard InChI is InChI=1S/C24H25FN8O/c1-27-18-6-13(25)5-15-19-22(30-20(15)18)31-24(34-14-7-28-21(29-8-14)11-2-3-11)32-23(19)33-9-12-4-17(26)16(12)10-33/h5-8,11-12,16-17,27H,2-4,9-10,26H2,1H3,(H,30,31,32)/t12?,16?,17-/m1/s1. The molecule has 2 saturated carbocycles. The Labute approximate surface area is 195 Å². The van der Waals surface area contributed by atoms with Gasteiger partial charge in [0, 0.05) is 37.5 Å². The molecule has 3 fully saturated rings. The van der Waals surface area contributed by atoms with Crippen molar-refractivity contribution in [1.82, 2.24) is 24.9 Å². The molecule has 1 aliphatic heterocycles. The van der Waals surface area contributed by atoms with E-state index in [0.717, 1.165) is 60.3 Å². The molecule has 34 heavy (non-hydrogen) atoms. The Bertz CT molecular complexity index is 1420. The van der Waals surface area contributed by atoms with Crippen molar-refractivity contribution in [1.29, 1.82) is 0 Å². The average Bonchev–Trinajstić information content (AvgIpc) is 3.53. The minimum atomic E-state index is -0.319. The van der Waals surface area contributed by atoms with Gasteiger partial charge in [0.05, 0.1) is 29.0 Å². The second-order valence-electron chi connectivity index (χ2n) is 9.69. The van der Waals surface area contributed by atoms with Crippen LogP contribution in [0, 0.1) is 17.7 Å². The van der Waals surface area contributed by atoms with Gasteiger partial charge in [-0.3, -0.25) is 0 Å². The van der Waals surface area contributed by atoms with Gasteiger partial charge in [0.1, 0.15) is 23.1 Å². The van der Waals surface area contributed by atoms with Crippen LogP contribution in [0.5, 0.6) is 11.8 Å². The van der Waals surface area contributed by atoms with Crippen LogP contribution in [-0.4, -0.2) is 51.1 Å². The van der Waals surface area contributed by atoms with Crippen molar-refractivity contribution in [3.63, 3.8) is 0 Å². The molecule has 4 heterocycles. The van der Waals surface area contributed by atoms with E-state index in [1.54, 1.807) is 19.4 Å². The Balaban J connectivity index is 1.35. The fraction of sp³-hybridized carbons (Fsp3) is 0.417. The summed E-state index contributed by atoms with van der Waals surface area (Å²) in [5.74, 6) is 3.23. The highest BCUT2D eigenvalue weighted by Gasteiger charge is 2.46. The van der Waals surface area contributed by atoms with Gasteiger partial charge in [-0.05, 0) is 43.2 Å². The number of H-pyrrole nitrogens is 1. The minimum absolute atomic E-state index is 0.201. The highest BCUT2D eigenvalue weighted by atomic mass is 19.1. The molecule has 9 nitrogen and oxygen atoms in total. The third kappa shape index (κ3) is 3.08. The summed E-state index contributed by atoms with van der Waals surface area (Å²) in [6.45, 7) is 1.68. The summed E-state index contributed by atoms with van der Waals surface area (Å²) in [4.78, 5) is 23.9. The van der Waals surface area contributed by atoms with Crippen molar-refractivity contribution in [2.45, 2.75) is 31.2 Å². The second-order valence-corrected chi connectivity index (χ2v) is 9.69. The van der Waals surface area contributed by atoms with Crippen LogP contribution in [0.4, 0.5) is 15.9 Å². The zero-order chi connectivity index (χ0) is 23.0. The van der Waals surface area contributed by atoms with Crippen molar-refractivity contribution in [3.05, 3.63) is 36.2 Å². The lowest BCUT2D eigenvalue weighted by atomic mass is 9.72. The Morgan fingerprint density at radius 3 is 2.71 bits per heavy atom. The summed E-state index contributed by atoms with van der Waals surface area (Å²) < 4.78 is 20.5. The van der Waals surface area contributed by atoms with Crippen molar-refractivity contribution < 1.29 is 9.13 Å². The average molecular weight is 461 g/mol. The van der Waals surface area contributed by atoms with Gasteiger partial charge in [-0.1, -0.05) is 0 Å². The molecule has 3 aliphatic rings. The Morgan fingerprint density at radius 1 is 1.18 bits per heavy atom. The van der Waals surface area contributed by atoms with Crippen LogP contribution in [-0.2, 0) is 0 Å². The summed E-state index contributed by atoms with van der Waals surface area (Å²) >= 11 is 0. The largest absolute Gasteiger partial charge is 0.421 e. The lowest BCUT2D eigenvalue weighted by Crippen LogP contribution is -2.46. The van der Waals surface area contributed by atoms with Gasteiger partial charge in [0.2, 0.25) is 0 Å². The lowest BCUT2D eigenvalue weighted by molar-refractivity contribution is 0.194. The van der Waals surface area contributed by atoms with Crippen molar-refractivity contribution >= 4 is 33.4 Å².